The van der Waals surface area contributed by atoms with Crippen LogP contribution in [-0.4, -0.2) is 52.8 Å². The second-order valence-electron chi connectivity index (χ2n) is 10.6. The zero-order valence-corrected chi connectivity index (χ0v) is 23.0. The van der Waals surface area contributed by atoms with Gasteiger partial charge in [0.1, 0.15) is 5.82 Å². The Balaban J connectivity index is 1.30. The third-order valence-electron chi connectivity index (χ3n) is 7.15. The fourth-order valence-electron chi connectivity index (χ4n) is 4.93. The van der Waals surface area contributed by atoms with E-state index in [1.54, 1.807) is 9.31 Å². The van der Waals surface area contributed by atoms with Crippen molar-refractivity contribution >= 4 is 34.4 Å². The van der Waals surface area contributed by atoms with Crippen molar-refractivity contribution in [2.75, 3.05) is 16.0 Å². The van der Waals surface area contributed by atoms with E-state index < -0.39 is 0 Å². The van der Waals surface area contributed by atoms with E-state index in [9.17, 15) is 4.79 Å². The van der Waals surface area contributed by atoms with Gasteiger partial charge in [0.05, 0.1) is 17.9 Å². The van der Waals surface area contributed by atoms with Crippen LogP contribution in [0, 0.1) is 0 Å². The molecule has 5 N–H and O–H groups in total. The lowest BCUT2D eigenvalue weighted by Gasteiger charge is -2.27. The lowest BCUT2D eigenvalue weighted by molar-refractivity contribution is 0.102. The molecule has 0 spiro atoms. The van der Waals surface area contributed by atoms with Crippen LogP contribution in [0.4, 0.5) is 22.9 Å². The van der Waals surface area contributed by atoms with Crippen LogP contribution < -0.4 is 21.7 Å². The van der Waals surface area contributed by atoms with Gasteiger partial charge >= 0.3 is 0 Å². The van der Waals surface area contributed by atoms with Crippen molar-refractivity contribution in [1.82, 2.24) is 34.8 Å². The Hall–Kier alpha value is -4.84. The van der Waals surface area contributed by atoms with Crippen LogP contribution >= 0.6 is 0 Å². The number of amides is 1. The van der Waals surface area contributed by atoms with E-state index in [2.05, 4.69) is 36.3 Å². The van der Waals surface area contributed by atoms with Crippen molar-refractivity contribution in [3.63, 3.8) is 0 Å². The molecule has 12 nitrogen and oxygen atoms in total. The molecule has 41 heavy (non-hydrogen) atoms. The number of carbonyl (C=O) groups excluding carboxylic acids is 1. The summed E-state index contributed by atoms with van der Waals surface area (Å²) >= 11 is 0. The van der Waals surface area contributed by atoms with Gasteiger partial charge in [-0.1, -0.05) is 30.3 Å². The lowest BCUT2D eigenvalue weighted by atomic mass is 9.92. The number of nitrogens with zero attached hydrogens (tertiary/aromatic N) is 7. The van der Waals surface area contributed by atoms with E-state index in [1.807, 2.05) is 74.5 Å². The van der Waals surface area contributed by atoms with Crippen LogP contribution in [0.5, 0.6) is 0 Å². The van der Waals surface area contributed by atoms with E-state index in [-0.39, 0.29) is 24.0 Å². The van der Waals surface area contributed by atoms with Gasteiger partial charge in [-0.25, -0.2) is 9.50 Å². The number of anilines is 4. The van der Waals surface area contributed by atoms with Crippen LogP contribution in [-0.2, 0) is 0 Å². The minimum Gasteiger partial charge on any atom is -0.366 e. The van der Waals surface area contributed by atoms with Crippen molar-refractivity contribution in [1.29, 1.82) is 0 Å². The number of hydrogen-bond acceptors (Lipinski definition) is 9. The Labute approximate surface area is 237 Å². The molecule has 0 saturated heterocycles. The topological polar surface area (TPSA) is 153 Å². The molecule has 6 rings (SSSR count). The molecule has 2 aromatic carbocycles. The predicted molar refractivity (Wildman–Crippen MR) is 158 cm³/mol. The summed E-state index contributed by atoms with van der Waals surface area (Å²) in [5.41, 5.74) is 9.95. The maximum Gasteiger partial charge on any atom is 0.276 e. The highest BCUT2D eigenvalue weighted by Gasteiger charge is 2.22. The van der Waals surface area contributed by atoms with Crippen LogP contribution in [0.1, 0.15) is 56.1 Å². The highest BCUT2D eigenvalue weighted by Crippen LogP contribution is 2.27. The Bertz CT molecular complexity index is 1650. The maximum absolute atomic E-state index is 13.5. The smallest absolute Gasteiger partial charge is 0.276 e. The van der Waals surface area contributed by atoms with Gasteiger partial charge in [0.15, 0.2) is 11.3 Å². The molecule has 1 aliphatic rings. The first-order chi connectivity index (χ1) is 19.9. The van der Waals surface area contributed by atoms with Crippen molar-refractivity contribution in [2.24, 2.45) is 5.73 Å². The first kappa shape index (κ1) is 26.4. The number of hydrogen-bond donors (Lipinski definition) is 4. The Morgan fingerprint density at radius 1 is 0.976 bits per heavy atom. The summed E-state index contributed by atoms with van der Waals surface area (Å²) in [5, 5.41) is 27.4. The number of fused-ring (bicyclic) bond motifs is 1. The van der Waals surface area contributed by atoms with Gasteiger partial charge in [-0.2, -0.15) is 4.80 Å². The maximum atomic E-state index is 13.5. The summed E-state index contributed by atoms with van der Waals surface area (Å²) in [6, 6.07) is 19.7. The highest BCUT2D eigenvalue weighted by molar-refractivity contribution is 6.04. The monoisotopic (exact) mass is 551 g/mol. The second kappa shape index (κ2) is 11.3. The van der Waals surface area contributed by atoms with Crippen molar-refractivity contribution < 1.29 is 4.79 Å². The quantitative estimate of drug-likeness (QED) is 0.216. The standard InChI is InChI=1S/C29H33N11O/c1-18(2)40-37-27(35-38-40)19-7-6-10-23(15-19)34-29(41)25-17-31-28-24(32-21-8-4-3-5-9-21)16-26(36-39(25)28)33-22-13-11-20(30)12-14-22/h3-10,15-18,20,22,32H,11-14,30H2,1-2H3,(H,33,36)(H,34,41). The second-order valence-corrected chi connectivity index (χ2v) is 10.6. The third kappa shape index (κ3) is 5.87. The van der Waals surface area contributed by atoms with Gasteiger partial charge < -0.3 is 21.7 Å². The number of para-hydroxylation sites is 1. The molecule has 0 bridgehead atoms. The van der Waals surface area contributed by atoms with E-state index in [1.165, 1.54) is 6.20 Å². The van der Waals surface area contributed by atoms with Crippen molar-refractivity contribution in [2.45, 2.75) is 57.7 Å². The van der Waals surface area contributed by atoms with Crippen molar-refractivity contribution in [3.8, 4) is 11.4 Å². The summed E-state index contributed by atoms with van der Waals surface area (Å²) in [6.07, 6.45) is 5.41. The normalized spacial score (nSPS) is 17.1. The number of imidazole rings is 1. The van der Waals surface area contributed by atoms with Crippen LogP contribution in [0.15, 0.2) is 66.9 Å². The molecule has 12 heteroatoms. The average Bonchev–Trinajstić information content (AvgIpc) is 3.64. The summed E-state index contributed by atoms with van der Waals surface area (Å²) in [7, 11) is 0. The summed E-state index contributed by atoms with van der Waals surface area (Å²) in [6.45, 7) is 3.97. The summed E-state index contributed by atoms with van der Waals surface area (Å²) in [5.74, 6) is 0.805. The number of benzene rings is 2. The number of aromatic nitrogens is 7. The fourth-order valence-corrected chi connectivity index (χ4v) is 4.93. The molecule has 0 aliphatic heterocycles. The van der Waals surface area contributed by atoms with Gasteiger partial charge in [-0.05, 0) is 69.0 Å². The Morgan fingerprint density at radius 2 is 1.76 bits per heavy atom. The number of nitrogens with two attached hydrogens (primary N) is 1. The molecule has 0 atom stereocenters. The Morgan fingerprint density at radius 3 is 2.51 bits per heavy atom. The van der Waals surface area contributed by atoms with Crippen LogP contribution in [0.25, 0.3) is 17.0 Å². The van der Waals surface area contributed by atoms with Crippen molar-refractivity contribution in [3.05, 3.63) is 72.6 Å². The van der Waals surface area contributed by atoms with E-state index in [0.29, 0.717) is 28.7 Å². The molecule has 210 valence electrons. The number of tetrazole rings is 1. The highest BCUT2D eigenvalue weighted by atomic mass is 16.2. The molecule has 1 fully saturated rings. The van der Waals surface area contributed by atoms with Crippen LogP contribution in [0.3, 0.4) is 0 Å². The molecular formula is C29H33N11O. The van der Waals surface area contributed by atoms with Gasteiger partial charge in [-0.3, -0.25) is 4.79 Å². The molecular weight excluding hydrogens is 518 g/mol. The van der Waals surface area contributed by atoms with E-state index in [0.717, 1.165) is 42.6 Å². The largest absolute Gasteiger partial charge is 0.366 e. The van der Waals surface area contributed by atoms with Crippen LogP contribution in [0.2, 0.25) is 0 Å². The SMILES string of the molecule is CC(C)n1nnc(-c2cccc(NC(=O)c3cnc4c(Nc5ccccc5)cc(NC5CCC(N)CC5)nn34)c2)n1. The molecule has 1 aliphatic carbocycles. The average molecular weight is 552 g/mol. The van der Waals surface area contributed by atoms with Gasteiger partial charge in [-0.15, -0.1) is 15.3 Å². The van der Waals surface area contributed by atoms with Gasteiger partial charge in [0.25, 0.3) is 5.91 Å². The number of carbonyl (C=O) groups is 1. The number of rotatable bonds is 8. The molecule has 5 aromatic rings. The molecule has 0 unspecified atom stereocenters. The molecule has 3 heterocycles. The fraction of sp³-hybridized carbons (Fsp3) is 0.310. The first-order valence-electron chi connectivity index (χ1n) is 13.9. The Kier molecular flexibility index (Phi) is 7.30. The van der Waals surface area contributed by atoms with E-state index >= 15 is 0 Å². The molecule has 0 radical (unpaired) electrons. The summed E-state index contributed by atoms with van der Waals surface area (Å²) < 4.78 is 1.58. The van der Waals surface area contributed by atoms with Gasteiger partial charge in [0.2, 0.25) is 5.82 Å². The molecule has 1 amide bonds. The predicted octanol–water partition coefficient (Wildman–Crippen LogP) is 4.64. The zero-order chi connectivity index (χ0) is 28.3. The minimum atomic E-state index is -0.340. The van der Waals surface area contributed by atoms with Gasteiger partial charge in [0, 0.05) is 35.1 Å². The van der Waals surface area contributed by atoms with E-state index in [4.69, 9.17) is 10.8 Å². The first-order valence-corrected chi connectivity index (χ1v) is 13.9. The molecule has 3 aromatic heterocycles. The lowest BCUT2D eigenvalue weighted by Crippen LogP contribution is -2.33. The third-order valence-corrected chi connectivity index (χ3v) is 7.15. The minimum absolute atomic E-state index is 0.0955. The summed E-state index contributed by atoms with van der Waals surface area (Å²) in [4.78, 5) is 19.6. The zero-order valence-electron chi connectivity index (χ0n) is 23.0. The number of nitrogens with one attached hydrogen (secondary N) is 3. The molecule has 1 saturated carbocycles.